The van der Waals surface area contributed by atoms with Crippen LogP contribution < -0.4 is 9.47 Å². The number of aliphatic hydroxyl groups is 1. The molecule has 3 aliphatic carbocycles. The van der Waals surface area contributed by atoms with E-state index >= 15 is 0 Å². The first-order valence-corrected chi connectivity index (χ1v) is 14.2. The Morgan fingerprint density at radius 2 is 2.08 bits per heavy atom. The molecule has 2 saturated carbocycles. The summed E-state index contributed by atoms with van der Waals surface area (Å²) < 4.78 is 12.6. The van der Waals surface area contributed by atoms with Crippen molar-refractivity contribution in [2.45, 2.75) is 74.7 Å². The van der Waals surface area contributed by atoms with Crippen LogP contribution in [-0.4, -0.2) is 71.8 Å². The van der Waals surface area contributed by atoms with E-state index < -0.39 is 11.0 Å². The molecule has 2 bridgehead atoms. The van der Waals surface area contributed by atoms with Crippen LogP contribution in [0.5, 0.6) is 11.5 Å². The lowest BCUT2D eigenvalue weighted by Crippen LogP contribution is -2.78. The molecular weight excluding hydrogens is 476 g/mol. The maximum Gasteiger partial charge on any atom is 0.246 e. The monoisotopic (exact) mass is 514 g/mol. The van der Waals surface area contributed by atoms with Crippen molar-refractivity contribution in [2.24, 2.45) is 5.92 Å². The quantitative estimate of drug-likeness (QED) is 0.588. The second-order valence-corrected chi connectivity index (χ2v) is 12.3. The molecule has 1 saturated heterocycles. The summed E-state index contributed by atoms with van der Waals surface area (Å²) in [5.74, 6) is 2.24. The summed E-state index contributed by atoms with van der Waals surface area (Å²) in [5, 5.41) is 12.7. The number of hydrogen-bond donors (Lipinski definition) is 1. The van der Waals surface area contributed by atoms with E-state index in [4.69, 9.17) is 9.47 Å². The number of ether oxygens (including phenoxy) is 2. The molecule has 200 valence electrons. The molecular formula is C32H38N2O4. The van der Waals surface area contributed by atoms with E-state index in [0.717, 1.165) is 54.5 Å². The zero-order valence-corrected chi connectivity index (χ0v) is 22.7. The lowest BCUT2D eigenvalue weighted by atomic mass is 9.48. The number of likely N-dealkylation sites (tertiary alicyclic amines) is 1. The van der Waals surface area contributed by atoms with Gasteiger partial charge in [0.25, 0.3) is 0 Å². The molecule has 6 nitrogen and oxygen atoms in total. The van der Waals surface area contributed by atoms with Crippen molar-refractivity contribution >= 4 is 12.0 Å². The van der Waals surface area contributed by atoms with Gasteiger partial charge in [-0.15, -0.1) is 0 Å². The van der Waals surface area contributed by atoms with E-state index in [1.54, 1.807) is 13.2 Å². The first kappa shape index (κ1) is 24.2. The Bertz CT molecular complexity index is 1320. The molecule has 1 spiro atoms. The van der Waals surface area contributed by atoms with E-state index in [1.165, 1.54) is 24.0 Å². The highest BCUT2D eigenvalue weighted by Crippen LogP contribution is 2.66. The smallest absolute Gasteiger partial charge is 0.246 e. The number of carbonyl (C=O) groups is 1. The van der Waals surface area contributed by atoms with Crippen molar-refractivity contribution in [3.05, 3.63) is 64.7 Å². The predicted octanol–water partition coefficient (Wildman–Crippen LogP) is 4.11. The predicted molar refractivity (Wildman–Crippen MR) is 146 cm³/mol. The number of methoxy groups -OCH3 is 1. The van der Waals surface area contributed by atoms with Crippen molar-refractivity contribution in [2.75, 3.05) is 27.2 Å². The van der Waals surface area contributed by atoms with Gasteiger partial charge in [0, 0.05) is 31.3 Å². The maximum atomic E-state index is 13.5. The van der Waals surface area contributed by atoms with Gasteiger partial charge in [0.1, 0.15) is 6.10 Å². The fraction of sp³-hybridized carbons (Fsp3) is 0.531. The van der Waals surface area contributed by atoms with Gasteiger partial charge in [-0.25, -0.2) is 0 Å². The molecule has 2 unspecified atom stereocenters. The van der Waals surface area contributed by atoms with Gasteiger partial charge in [-0.05, 0) is 81.2 Å². The van der Waals surface area contributed by atoms with Crippen LogP contribution in [0.4, 0.5) is 0 Å². The number of hydrogen-bond acceptors (Lipinski definition) is 5. The molecule has 7 rings (SSSR count). The van der Waals surface area contributed by atoms with Gasteiger partial charge in [-0.3, -0.25) is 9.69 Å². The van der Waals surface area contributed by atoms with E-state index in [2.05, 4.69) is 30.0 Å². The normalized spacial score (nSPS) is 33.1. The average molecular weight is 515 g/mol. The second-order valence-electron chi connectivity index (χ2n) is 12.3. The van der Waals surface area contributed by atoms with E-state index in [1.807, 2.05) is 36.2 Å². The van der Waals surface area contributed by atoms with Crippen molar-refractivity contribution < 1.29 is 19.4 Å². The van der Waals surface area contributed by atoms with Crippen LogP contribution >= 0.6 is 0 Å². The molecule has 6 heteroatoms. The summed E-state index contributed by atoms with van der Waals surface area (Å²) in [6.07, 6.45) is 8.92. The number of piperidine rings is 1. The maximum absolute atomic E-state index is 13.5. The van der Waals surface area contributed by atoms with Crippen LogP contribution in [0.15, 0.2) is 42.5 Å². The van der Waals surface area contributed by atoms with Crippen LogP contribution in [0, 0.1) is 12.8 Å². The Kier molecular flexibility index (Phi) is 5.47. The molecule has 38 heavy (non-hydrogen) atoms. The van der Waals surface area contributed by atoms with E-state index in [9.17, 15) is 9.90 Å². The fourth-order valence-electron chi connectivity index (χ4n) is 8.22. The Morgan fingerprint density at radius 3 is 2.84 bits per heavy atom. The van der Waals surface area contributed by atoms with Crippen LogP contribution in [0.1, 0.15) is 54.4 Å². The molecule has 0 aromatic heterocycles. The number of rotatable bonds is 6. The van der Waals surface area contributed by atoms with Crippen molar-refractivity contribution in [3.8, 4) is 11.5 Å². The van der Waals surface area contributed by atoms with Crippen molar-refractivity contribution in [1.82, 2.24) is 9.80 Å². The van der Waals surface area contributed by atoms with Crippen LogP contribution in [0.2, 0.25) is 0 Å². The van der Waals surface area contributed by atoms with Crippen LogP contribution in [0.25, 0.3) is 6.08 Å². The highest BCUT2D eigenvalue weighted by Gasteiger charge is 2.73. The molecule has 2 aromatic rings. The highest BCUT2D eigenvalue weighted by molar-refractivity contribution is 5.92. The second kappa shape index (κ2) is 8.59. The van der Waals surface area contributed by atoms with E-state index in [-0.39, 0.29) is 24.1 Å². The third-order valence-electron chi connectivity index (χ3n) is 10.2. The van der Waals surface area contributed by atoms with Gasteiger partial charge in [-0.2, -0.15) is 0 Å². The Hall–Kier alpha value is -2.83. The number of likely N-dealkylation sites (N-methyl/N-ethyl adjacent to an activating group) is 1. The first-order chi connectivity index (χ1) is 18.4. The molecule has 5 aliphatic rings. The Labute approximate surface area is 225 Å². The van der Waals surface area contributed by atoms with Crippen LogP contribution in [-0.2, 0) is 16.6 Å². The van der Waals surface area contributed by atoms with Crippen LogP contribution in [0.3, 0.4) is 0 Å². The summed E-state index contributed by atoms with van der Waals surface area (Å²) in [6, 6.07) is 12.3. The number of nitrogens with zero attached hydrogens (tertiary/aromatic N) is 2. The Morgan fingerprint density at radius 1 is 1.24 bits per heavy atom. The summed E-state index contributed by atoms with van der Waals surface area (Å²) in [4.78, 5) is 17.9. The molecule has 1 amide bonds. The molecule has 2 aromatic carbocycles. The zero-order valence-electron chi connectivity index (χ0n) is 22.7. The van der Waals surface area contributed by atoms with E-state index in [0.29, 0.717) is 12.8 Å². The lowest BCUT2D eigenvalue weighted by Gasteiger charge is -2.64. The van der Waals surface area contributed by atoms with Gasteiger partial charge >= 0.3 is 0 Å². The summed E-state index contributed by atoms with van der Waals surface area (Å²) in [7, 11) is 3.57. The summed E-state index contributed by atoms with van der Waals surface area (Å²) >= 11 is 0. The van der Waals surface area contributed by atoms with Gasteiger partial charge in [0.15, 0.2) is 11.5 Å². The van der Waals surface area contributed by atoms with Gasteiger partial charge in [0.2, 0.25) is 5.91 Å². The van der Waals surface area contributed by atoms with Crippen molar-refractivity contribution in [3.63, 3.8) is 0 Å². The van der Waals surface area contributed by atoms with Crippen molar-refractivity contribution in [1.29, 1.82) is 0 Å². The third-order valence-corrected chi connectivity index (χ3v) is 10.2. The third kappa shape index (κ3) is 3.35. The number of carbonyl (C=O) groups excluding carboxylic acids is 1. The fourth-order valence-corrected chi connectivity index (χ4v) is 8.22. The SMILES string of the molecule is COc1ccc2c3c1OC1C(N(C)C(=O)/C=C/c4cccc(C)c4)CC[C@@]4(O)[C@@H](C2)N(CC2CC2)CC[C@]314. The van der Waals surface area contributed by atoms with Gasteiger partial charge in [-0.1, -0.05) is 35.9 Å². The molecule has 3 fully saturated rings. The summed E-state index contributed by atoms with van der Waals surface area (Å²) in [5.41, 5.74) is 3.18. The number of benzene rings is 2. The van der Waals surface area contributed by atoms with Gasteiger partial charge in [0.05, 0.1) is 24.2 Å². The standard InChI is InChI=1S/C32H38N2O4/c1-20-5-4-6-21(17-20)9-12-27(35)33(2)24-13-14-32(36)26-18-23-10-11-25(37-3)29-28(23)31(32,30(24)38-29)15-16-34(26)19-22-7-8-22/h4-6,9-12,17,22,24,26,30,36H,7-8,13-16,18-19H2,1-3H3/b12-9+/t24?,26-,30?,31+,32-/m1/s1. The first-order valence-electron chi connectivity index (χ1n) is 14.2. The molecule has 1 N–H and O–H groups in total. The molecule has 2 heterocycles. The average Bonchev–Trinajstić information content (AvgIpc) is 3.66. The largest absolute Gasteiger partial charge is 0.493 e. The lowest BCUT2D eigenvalue weighted by molar-refractivity contribution is -0.200. The minimum absolute atomic E-state index is 0.0383. The molecule has 5 atom stereocenters. The summed E-state index contributed by atoms with van der Waals surface area (Å²) in [6.45, 7) is 4.09. The molecule has 2 aliphatic heterocycles. The molecule has 0 radical (unpaired) electrons. The number of aryl methyl sites for hydroxylation is 1. The minimum atomic E-state index is -0.882. The van der Waals surface area contributed by atoms with Gasteiger partial charge < -0.3 is 19.5 Å². The zero-order chi connectivity index (χ0) is 26.2. The Balaban J connectivity index is 1.26. The minimum Gasteiger partial charge on any atom is -0.493 e. The highest BCUT2D eigenvalue weighted by atomic mass is 16.5. The number of amides is 1. The topological polar surface area (TPSA) is 62.2 Å².